The lowest BCUT2D eigenvalue weighted by atomic mass is 10.1. The highest BCUT2D eigenvalue weighted by Crippen LogP contribution is 2.31. The zero-order chi connectivity index (χ0) is 15.7. The predicted molar refractivity (Wildman–Crippen MR) is 85.7 cm³/mol. The topological polar surface area (TPSA) is 35.5 Å². The van der Waals surface area contributed by atoms with Crippen molar-refractivity contribution in [3.8, 4) is 11.5 Å². The number of rotatable bonds is 9. The average Bonchev–Trinajstić information content (AvgIpc) is 2.42. The maximum Gasteiger partial charge on any atom is 0.311 e. The number of hydrogen-bond donors (Lipinski definition) is 0. The van der Waals surface area contributed by atoms with Crippen LogP contribution in [0.25, 0.3) is 0 Å². The summed E-state index contributed by atoms with van der Waals surface area (Å²) in [6.45, 7) is 10.0. The third-order valence-electron chi connectivity index (χ3n) is 3.01. The van der Waals surface area contributed by atoms with Gasteiger partial charge in [-0.3, -0.25) is 4.79 Å². The number of carbonyl (C=O) groups is 1. The Morgan fingerprint density at radius 1 is 1.00 bits per heavy atom. The van der Waals surface area contributed by atoms with Crippen molar-refractivity contribution in [2.24, 2.45) is 0 Å². The normalized spacial score (nSPS) is 10.2. The molecular weight excluding hydrogens is 264 g/mol. The summed E-state index contributed by atoms with van der Waals surface area (Å²) in [6, 6.07) is 5.77. The van der Waals surface area contributed by atoms with E-state index in [0.29, 0.717) is 23.7 Å². The second kappa shape index (κ2) is 9.22. The predicted octanol–water partition coefficient (Wildman–Crippen LogP) is 5.04. The first-order chi connectivity index (χ1) is 10.1. The fraction of sp³-hybridized carbons (Fsp3) is 0.500. The molecule has 0 N–H and O–H groups in total. The molecule has 1 aromatic carbocycles. The molecule has 0 heterocycles. The average molecular weight is 290 g/mol. The quantitative estimate of drug-likeness (QED) is 0.363. The van der Waals surface area contributed by atoms with Gasteiger partial charge in [0.15, 0.2) is 11.5 Å². The van der Waals surface area contributed by atoms with Gasteiger partial charge in [-0.25, -0.2) is 0 Å². The Hall–Kier alpha value is -1.77. The Morgan fingerprint density at radius 3 is 2.33 bits per heavy atom. The van der Waals surface area contributed by atoms with Crippen molar-refractivity contribution >= 4 is 5.97 Å². The Balaban J connectivity index is 2.93. The standard InChI is InChI=1S/C18H26O3/c1-5-8-14(4)20-16-12-11-15(9-6-2)13-17(16)21-18(19)10-7-3/h11-13H,4-10H2,1-3H3. The Bertz CT molecular complexity index is 477. The van der Waals surface area contributed by atoms with Crippen LogP contribution in [0.5, 0.6) is 11.5 Å². The van der Waals surface area contributed by atoms with Gasteiger partial charge in [0.05, 0.1) is 5.76 Å². The summed E-state index contributed by atoms with van der Waals surface area (Å²) in [5.41, 5.74) is 1.14. The molecule has 3 nitrogen and oxygen atoms in total. The first kappa shape index (κ1) is 17.3. The highest BCUT2D eigenvalue weighted by molar-refractivity contribution is 5.73. The van der Waals surface area contributed by atoms with E-state index < -0.39 is 0 Å². The van der Waals surface area contributed by atoms with Gasteiger partial charge < -0.3 is 9.47 Å². The largest absolute Gasteiger partial charge is 0.458 e. The Labute approximate surface area is 128 Å². The van der Waals surface area contributed by atoms with Crippen LogP contribution >= 0.6 is 0 Å². The number of allylic oxidation sites excluding steroid dienone is 1. The van der Waals surface area contributed by atoms with Crippen molar-refractivity contribution in [2.75, 3.05) is 0 Å². The minimum absolute atomic E-state index is 0.225. The van der Waals surface area contributed by atoms with Crippen LogP contribution in [0.2, 0.25) is 0 Å². The van der Waals surface area contributed by atoms with Gasteiger partial charge in [-0.05, 0) is 37.0 Å². The summed E-state index contributed by atoms with van der Waals surface area (Å²) in [7, 11) is 0. The van der Waals surface area contributed by atoms with Gasteiger partial charge in [-0.2, -0.15) is 0 Å². The number of aryl methyl sites for hydroxylation is 1. The molecule has 0 atom stereocenters. The van der Waals surface area contributed by atoms with E-state index in [2.05, 4.69) is 20.4 Å². The van der Waals surface area contributed by atoms with Crippen LogP contribution in [0.1, 0.15) is 58.4 Å². The lowest BCUT2D eigenvalue weighted by Crippen LogP contribution is -2.08. The minimum Gasteiger partial charge on any atom is -0.458 e. The van der Waals surface area contributed by atoms with Crippen molar-refractivity contribution in [2.45, 2.75) is 59.3 Å². The highest BCUT2D eigenvalue weighted by Gasteiger charge is 2.12. The first-order valence-electron chi connectivity index (χ1n) is 7.79. The Kier molecular flexibility index (Phi) is 7.59. The molecule has 0 aromatic heterocycles. The molecule has 1 rings (SSSR count). The summed E-state index contributed by atoms with van der Waals surface area (Å²) in [5.74, 6) is 1.53. The molecule has 0 saturated heterocycles. The summed E-state index contributed by atoms with van der Waals surface area (Å²) in [4.78, 5) is 11.7. The van der Waals surface area contributed by atoms with E-state index in [-0.39, 0.29) is 5.97 Å². The molecule has 0 fully saturated rings. The van der Waals surface area contributed by atoms with E-state index in [0.717, 1.165) is 37.7 Å². The molecule has 0 radical (unpaired) electrons. The second-order valence-electron chi connectivity index (χ2n) is 5.15. The molecule has 0 saturated carbocycles. The molecular formula is C18H26O3. The lowest BCUT2D eigenvalue weighted by Gasteiger charge is -2.14. The zero-order valence-corrected chi connectivity index (χ0v) is 13.4. The van der Waals surface area contributed by atoms with Gasteiger partial charge in [0, 0.05) is 12.8 Å². The molecule has 21 heavy (non-hydrogen) atoms. The van der Waals surface area contributed by atoms with Gasteiger partial charge in [0.25, 0.3) is 0 Å². The molecule has 0 bridgehead atoms. The number of carbonyl (C=O) groups excluding carboxylic acids is 1. The van der Waals surface area contributed by atoms with Crippen LogP contribution in [-0.4, -0.2) is 5.97 Å². The molecule has 116 valence electrons. The van der Waals surface area contributed by atoms with Crippen LogP contribution in [0.15, 0.2) is 30.5 Å². The van der Waals surface area contributed by atoms with Crippen LogP contribution in [0.3, 0.4) is 0 Å². The summed E-state index contributed by atoms with van der Waals surface area (Å²) < 4.78 is 11.2. The second-order valence-corrected chi connectivity index (χ2v) is 5.15. The molecule has 0 amide bonds. The maximum absolute atomic E-state index is 11.7. The van der Waals surface area contributed by atoms with Gasteiger partial charge in [0.1, 0.15) is 0 Å². The monoisotopic (exact) mass is 290 g/mol. The smallest absolute Gasteiger partial charge is 0.311 e. The minimum atomic E-state index is -0.225. The van der Waals surface area contributed by atoms with Gasteiger partial charge in [-0.15, -0.1) is 0 Å². The molecule has 3 heteroatoms. The zero-order valence-electron chi connectivity index (χ0n) is 13.4. The van der Waals surface area contributed by atoms with Crippen molar-refractivity contribution in [1.29, 1.82) is 0 Å². The molecule has 1 aromatic rings. The summed E-state index contributed by atoms with van der Waals surface area (Å²) in [5, 5.41) is 0. The van der Waals surface area contributed by atoms with Crippen LogP contribution in [-0.2, 0) is 11.2 Å². The molecule has 0 aliphatic heterocycles. The summed E-state index contributed by atoms with van der Waals surface area (Å²) in [6.07, 6.45) is 4.94. The van der Waals surface area contributed by atoms with Gasteiger partial charge in [0.2, 0.25) is 0 Å². The molecule has 0 unspecified atom stereocenters. The first-order valence-corrected chi connectivity index (χ1v) is 7.79. The molecule has 0 aliphatic carbocycles. The molecule has 0 spiro atoms. The fourth-order valence-corrected chi connectivity index (χ4v) is 2.02. The van der Waals surface area contributed by atoms with Crippen molar-refractivity contribution in [3.05, 3.63) is 36.1 Å². The van der Waals surface area contributed by atoms with Crippen LogP contribution < -0.4 is 9.47 Å². The Morgan fingerprint density at radius 2 is 1.71 bits per heavy atom. The van der Waals surface area contributed by atoms with E-state index in [1.54, 1.807) is 0 Å². The maximum atomic E-state index is 11.7. The SMILES string of the molecule is C=C(CCC)Oc1ccc(CCC)cc1OC(=O)CCC. The van der Waals surface area contributed by atoms with Crippen LogP contribution in [0, 0.1) is 0 Å². The molecule has 0 aliphatic rings. The van der Waals surface area contributed by atoms with E-state index in [9.17, 15) is 4.79 Å². The fourth-order valence-electron chi connectivity index (χ4n) is 2.02. The number of benzene rings is 1. The summed E-state index contributed by atoms with van der Waals surface area (Å²) >= 11 is 0. The number of hydrogen-bond acceptors (Lipinski definition) is 3. The highest BCUT2D eigenvalue weighted by atomic mass is 16.6. The lowest BCUT2D eigenvalue weighted by molar-refractivity contribution is -0.134. The number of ether oxygens (including phenoxy) is 2. The van der Waals surface area contributed by atoms with Crippen molar-refractivity contribution in [1.82, 2.24) is 0 Å². The van der Waals surface area contributed by atoms with Gasteiger partial charge in [-0.1, -0.05) is 39.8 Å². The number of esters is 1. The van der Waals surface area contributed by atoms with E-state index >= 15 is 0 Å². The van der Waals surface area contributed by atoms with Crippen LogP contribution in [0.4, 0.5) is 0 Å². The third kappa shape index (κ3) is 6.03. The van der Waals surface area contributed by atoms with Gasteiger partial charge >= 0.3 is 5.97 Å². The van der Waals surface area contributed by atoms with Crippen molar-refractivity contribution < 1.29 is 14.3 Å². The third-order valence-corrected chi connectivity index (χ3v) is 3.01. The van der Waals surface area contributed by atoms with E-state index in [1.165, 1.54) is 0 Å². The van der Waals surface area contributed by atoms with E-state index in [1.807, 2.05) is 25.1 Å². The van der Waals surface area contributed by atoms with Crippen molar-refractivity contribution in [3.63, 3.8) is 0 Å². The van der Waals surface area contributed by atoms with E-state index in [4.69, 9.17) is 9.47 Å².